The second-order valence-corrected chi connectivity index (χ2v) is 15.7. The molecule has 3 atom stereocenters. The number of hydrogen-bond donors (Lipinski definition) is 4. The molecule has 1 aliphatic carbocycles. The molecule has 4 heterocycles. The zero-order valence-electron chi connectivity index (χ0n) is 32.5. The Morgan fingerprint density at radius 2 is 1.25 bits per heavy atom. The van der Waals surface area contributed by atoms with Gasteiger partial charge in [0.2, 0.25) is 11.8 Å². The standard InChI is InChI=1S/C42H52N8O6/c1-25(2)36(48(3)42(54)55)40(52)50-22-6-8-35(50)38-44-24-33(47-38)29-15-11-27(12-16-29)26-9-13-28(14-10-26)32-23-43-37(46-32)34-7-5-21-49(34)39(51)30-17-19-31(20-18-30)45-41(53)56-4/h9-16,23-25,30-31,34-36H,5-8,17-22H2,1-4H3,(H,43,46)(H,44,47)(H,45,53)(H,54,55)/t30-,31+,34-,35-,36-/m0/s1. The van der Waals surface area contributed by atoms with E-state index >= 15 is 0 Å². The summed E-state index contributed by atoms with van der Waals surface area (Å²) in [6.07, 6.45) is 8.51. The Balaban J connectivity index is 0.971. The number of alkyl carbamates (subject to hydrolysis) is 1. The lowest BCUT2D eigenvalue weighted by atomic mass is 9.85. The number of nitrogens with zero attached hydrogens (tertiary/aromatic N) is 5. The first-order valence-electron chi connectivity index (χ1n) is 19.7. The predicted octanol–water partition coefficient (Wildman–Crippen LogP) is 7.01. The van der Waals surface area contributed by atoms with Crippen LogP contribution in [0, 0.1) is 11.8 Å². The highest BCUT2D eigenvalue weighted by Gasteiger charge is 2.40. The van der Waals surface area contributed by atoms with E-state index in [9.17, 15) is 24.3 Å². The van der Waals surface area contributed by atoms with Crippen LogP contribution in [0.3, 0.4) is 0 Å². The van der Waals surface area contributed by atoms with Crippen LogP contribution in [0.4, 0.5) is 9.59 Å². The number of imidazole rings is 2. The number of aromatic nitrogens is 4. The SMILES string of the molecule is COC(=O)N[C@H]1CC[C@@H](C(=O)N2CCC[C@H]2c2ncc(-c3ccc(-c4ccc(-c5cnc([C@@H]6CCCN6C(=O)[C@H](C(C)C)N(C)C(=O)O)[nH]5)cc4)cc3)[nH]2)CC1. The fraction of sp³-hybridized carbons (Fsp3) is 0.476. The topological polar surface area (TPSA) is 177 Å². The van der Waals surface area contributed by atoms with Gasteiger partial charge in [-0.2, -0.15) is 0 Å². The number of likely N-dealkylation sites (tertiary alicyclic amines) is 2. The lowest BCUT2D eigenvalue weighted by Crippen LogP contribution is -2.51. The minimum atomic E-state index is -1.12. The molecule has 2 aromatic carbocycles. The van der Waals surface area contributed by atoms with E-state index in [0.29, 0.717) is 12.4 Å². The van der Waals surface area contributed by atoms with E-state index in [1.807, 2.05) is 24.9 Å². The first kappa shape index (κ1) is 38.6. The predicted molar refractivity (Wildman–Crippen MR) is 210 cm³/mol. The number of carbonyl (C=O) groups is 4. The van der Waals surface area contributed by atoms with E-state index in [1.54, 1.807) is 11.1 Å². The number of benzene rings is 2. The van der Waals surface area contributed by atoms with Crippen molar-refractivity contribution in [1.82, 2.24) is 40.0 Å². The highest BCUT2D eigenvalue weighted by molar-refractivity contribution is 5.86. The number of methoxy groups -OCH3 is 1. The molecule has 3 fully saturated rings. The van der Waals surface area contributed by atoms with E-state index in [-0.39, 0.29) is 41.8 Å². The van der Waals surface area contributed by atoms with Gasteiger partial charge in [0.25, 0.3) is 0 Å². The highest BCUT2D eigenvalue weighted by Crippen LogP contribution is 2.37. The molecule has 2 aliphatic heterocycles. The Morgan fingerprint density at radius 3 is 1.73 bits per heavy atom. The molecule has 296 valence electrons. The summed E-state index contributed by atoms with van der Waals surface area (Å²) in [6, 6.07) is 15.6. The van der Waals surface area contributed by atoms with Crippen molar-refractivity contribution in [2.24, 2.45) is 11.8 Å². The van der Waals surface area contributed by atoms with E-state index in [0.717, 1.165) is 102 Å². The minimum Gasteiger partial charge on any atom is -0.465 e. The average molecular weight is 765 g/mol. The number of carboxylic acid groups (broad SMARTS) is 1. The Hall–Kier alpha value is -5.66. The monoisotopic (exact) mass is 764 g/mol. The second-order valence-electron chi connectivity index (χ2n) is 15.7. The Kier molecular flexibility index (Phi) is 11.4. The van der Waals surface area contributed by atoms with Crippen LogP contribution in [-0.2, 0) is 14.3 Å². The zero-order valence-corrected chi connectivity index (χ0v) is 32.5. The maximum atomic E-state index is 13.6. The Morgan fingerprint density at radius 1 is 0.768 bits per heavy atom. The fourth-order valence-electron chi connectivity index (χ4n) is 8.75. The molecule has 14 nitrogen and oxygen atoms in total. The number of aromatic amines is 2. The molecule has 4 amide bonds. The molecule has 4 N–H and O–H groups in total. The number of H-pyrrole nitrogens is 2. The molecule has 1 saturated carbocycles. The maximum Gasteiger partial charge on any atom is 0.407 e. The van der Waals surface area contributed by atoms with Crippen LogP contribution in [0.5, 0.6) is 0 Å². The summed E-state index contributed by atoms with van der Waals surface area (Å²) in [4.78, 5) is 71.8. The van der Waals surface area contributed by atoms with Gasteiger partial charge in [0.05, 0.1) is 43.0 Å². The second kappa shape index (κ2) is 16.6. The van der Waals surface area contributed by atoms with E-state index < -0.39 is 18.2 Å². The summed E-state index contributed by atoms with van der Waals surface area (Å²) in [6.45, 7) is 5.02. The van der Waals surface area contributed by atoms with E-state index in [1.165, 1.54) is 14.2 Å². The Labute approximate surface area is 327 Å². The average Bonchev–Trinajstić information content (AvgIpc) is 4.05. The Bertz CT molecular complexity index is 2020. The van der Waals surface area contributed by atoms with Gasteiger partial charge < -0.3 is 34.9 Å². The van der Waals surface area contributed by atoms with Gasteiger partial charge in [-0.1, -0.05) is 62.4 Å². The minimum absolute atomic E-state index is 0.0437. The third-order valence-electron chi connectivity index (χ3n) is 11.8. The highest BCUT2D eigenvalue weighted by atomic mass is 16.5. The van der Waals surface area contributed by atoms with Gasteiger partial charge in [-0.05, 0) is 79.5 Å². The molecule has 4 aromatic rings. The number of nitrogens with one attached hydrogen (secondary N) is 3. The first-order valence-corrected chi connectivity index (χ1v) is 19.7. The summed E-state index contributed by atoms with van der Waals surface area (Å²) in [5.74, 6) is 1.29. The third-order valence-corrected chi connectivity index (χ3v) is 11.8. The largest absolute Gasteiger partial charge is 0.465 e. The van der Waals surface area contributed by atoms with Crippen molar-refractivity contribution >= 4 is 24.0 Å². The number of carbonyl (C=O) groups excluding carboxylic acids is 3. The third kappa shape index (κ3) is 8.00. The fourth-order valence-corrected chi connectivity index (χ4v) is 8.75. The van der Waals surface area contributed by atoms with Crippen LogP contribution in [0.1, 0.15) is 88.9 Å². The first-order chi connectivity index (χ1) is 27.0. The molecule has 0 radical (unpaired) electrons. The molecule has 0 spiro atoms. The van der Waals surface area contributed by atoms with Crippen molar-refractivity contribution in [3.8, 4) is 33.6 Å². The summed E-state index contributed by atoms with van der Waals surface area (Å²) in [5.41, 5.74) is 5.87. The summed E-state index contributed by atoms with van der Waals surface area (Å²) in [7, 11) is 2.81. The van der Waals surface area contributed by atoms with E-state index in [4.69, 9.17) is 9.72 Å². The van der Waals surface area contributed by atoms with Crippen LogP contribution >= 0.6 is 0 Å². The number of ether oxygens (including phenoxy) is 1. The molecule has 3 aliphatic rings. The van der Waals surface area contributed by atoms with E-state index in [2.05, 4.69) is 68.8 Å². The zero-order chi connectivity index (χ0) is 39.5. The van der Waals surface area contributed by atoms with Crippen LogP contribution in [-0.4, -0.2) is 103 Å². The quantitative estimate of drug-likeness (QED) is 0.133. The van der Waals surface area contributed by atoms with Gasteiger partial charge in [-0.3, -0.25) is 14.5 Å². The maximum absolute atomic E-state index is 13.6. The number of hydrogen-bond acceptors (Lipinski definition) is 7. The molecular weight excluding hydrogens is 713 g/mol. The molecular formula is C42H52N8O6. The molecule has 14 heteroatoms. The van der Waals surface area contributed by atoms with Crippen molar-refractivity contribution in [3.63, 3.8) is 0 Å². The van der Waals surface area contributed by atoms with Gasteiger partial charge in [0, 0.05) is 32.1 Å². The normalized spacial score (nSPS) is 21.6. The van der Waals surface area contributed by atoms with Crippen LogP contribution in [0.15, 0.2) is 60.9 Å². The lowest BCUT2D eigenvalue weighted by molar-refractivity contribution is -0.139. The van der Waals surface area contributed by atoms with Gasteiger partial charge >= 0.3 is 12.2 Å². The van der Waals surface area contributed by atoms with Crippen molar-refractivity contribution in [1.29, 1.82) is 0 Å². The number of rotatable bonds is 10. The van der Waals surface area contributed by atoms with Crippen molar-refractivity contribution in [3.05, 3.63) is 72.6 Å². The van der Waals surface area contributed by atoms with Crippen molar-refractivity contribution in [2.45, 2.75) is 89.4 Å². The van der Waals surface area contributed by atoms with Gasteiger partial charge in [0.15, 0.2) is 0 Å². The van der Waals surface area contributed by atoms with Crippen molar-refractivity contribution < 1.29 is 29.0 Å². The molecule has 56 heavy (non-hydrogen) atoms. The lowest BCUT2D eigenvalue weighted by Gasteiger charge is -2.33. The van der Waals surface area contributed by atoms with Crippen molar-refractivity contribution in [2.75, 3.05) is 27.2 Å². The van der Waals surface area contributed by atoms with Crippen LogP contribution in [0.25, 0.3) is 33.6 Å². The number of amides is 4. The van der Waals surface area contributed by atoms with Gasteiger partial charge in [0.1, 0.15) is 17.7 Å². The van der Waals surface area contributed by atoms with Gasteiger partial charge in [-0.25, -0.2) is 19.6 Å². The van der Waals surface area contributed by atoms with Gasteiger partial charge in [-0.15, -0.1) is 0 Å². The molecule has 2 aromatic heterocycles. The summed E-state index contributed by atoms with van der Waals surface area (Å²) in [5, 5.41) is 12.5. The molecule has 7 rings (SSSR count). The molecule has 2 saturated heterocycles. The smallest absolute Gasteiger partial charge is 0.407 e. The molecule has 0 unspecified atom stereocenters. The van der Waals surface area contributed by atoms with Crippen LogP contribution in [0.2, 0.25) is 0 Å². The summed E-state index contributed by atoms with van der Waals surface area (Å²) >= 11 is 0. The molecule has 0 bridgehead atoms. The van der Waals surface area contributed by atoms with Crippen LogP contribution < -0.4 is 5.32 Å². The number of likely N-dealkylation sites (N-methyl/N-ethyl adjacent to an activating group) is 1. The summed E-state index contributed by atoms with van der Waals surface area (Å²) < 4.78 is 4.73.